The first-order valence-electron chi connectivity index (χ1n) is 5.56. The van der Waals surface area contributed by atoms with E-state index in [9.17, 15) is 18.0 Å². The first-order valence-corrected chi connectivity index (χ1v) is 5.56. The highest BCUT2D eigenvalue weighted by Gasteiger charge is 2.30. The van der Waals surface area contributed by atoms with E-state index in [1.165, 1.54) is 12.1 Å². The molecule has 0 saturated carbocycles. The quantitative estimate of drug-likeness (QED) is 0.908. The second kappa shape index (κ2) is 7.58. The number of hydrogen-bond acceptors (Lipinski definition) is 2. The highest BCUT2D eigenvalue weighted by Crippen LogP contribution is 2.22. The van der Waals surface area contributed by atoms with Crippen molar-refractivity contribution < 1.29 is 22.7 Å². The molecule has 6 heteroatoms. The fourth-order valence-electron chi connectivity index (χ4n) is 1.07. The van der Waals surface area contributed by atoms with Crippen molar-refractivity contribution in [3.63, 3.8) is 0 Å². The second-order valence-corrected chi connectivity index (χ2v) is 2.93. The van der Waals surface area contributed by atoms with Gasteiger partial charge in [-0.1, -0.05) is 13.8 Å². The number of halogens is 3. The van der Waals surface area contributed by atoms with Crippen LogP contribution < -0.4 is 10.1 Å². The van der Waals surface area contributed by atoms with Crippen molar-refractivity contribution in [3.8, 4) is 5.75 Å². The summed E-state index contributed by atoms with van der Waals surface area (Å²) in [7, 11) is 0. The Labute approximate surface area is 104 Å². The van der Waals surface area contributed by atoms with E-state index in [1.54, 1.807) is 6.92 Å². The molecule has 1 aromatic rings. The zero-order chi connectivity index (χ0) is 14.2. The summed E-state index contributed by atoms with van der Waals surface area (Å²) in [4.78, 5) is 11.3. The summed E-state index contributed by atoms with van der Waals surface area (Å²) in [5.74, 6) is -0.679. The third-order valence-corrected chi connectivity index (χ3v) is 1.69. The van der Waals surface area contributed by atoms with Crippen LogP contribution in [0.25, 0.3) is 0 Å². The molecule has 0 radical (unpaired) electrons. The molecule has 102 valence electrons. The van der Waals surface area contributed by atoms with Gasteiger partial charge >= 0.3 is 6.36 Å². The zero-order valence-corrected chi connectivity index (χ0v) is 10.5. The Morgan fingerprint density at radius 1 is 1.22 bits per heavy atom. The number of nitrogens with one attached hydrogen (secondary N) is 1. The summed E-state index contributed by atoms with van der Waals surface area (Å²) in [5, 5.41) is 2.53. The van der Waals surface area contributed by atoms with Crippen LogP contribution in [0.4, 0.5) is 13.2 Å². The van der Waals surface area contributed by atoms with Gasteiger partial charge in [0.25, 0.3) is 5.91 Å². The van der Waals surface area contributed by atoms with Crippen LogP contribution in [-0.2, 0) is 0 Å². The Bertz CT molecular complexity index is 361. The van der Waals surface area contributed by atoms with E-state index < -0.39 is 6.36 Å². The molecular weight excluding hydrogens is 247 g/mol. The Balaban J connectivity index is 0.00000137. The van der Waals surface area contributed by atoms with E-state index in [-0.39, 0.29) is 17.2 Å². The molecule has 0 unspecified atom stereocenters. The van der Waals surface area contributed by atoms with Gasteiger partial charge in [0.05, 0.1) is 0 Å². The van der Waals surface area contributed by atoms with Gasteiger partial charge in [0.15, 0.2) is 0 Å². The highest BCUT2D eigenvalue weighted by molar-refractivity contribution is 5.94. The number of amides is 1. The van der Waals surface area contributed by atoms with Crippen molar-refractivity contribution in [3.05, 3.63) is 29.8 Å². The predicted octanol–water partition coefficient (Wildman–Crippen LogP) is 3.36. The molecule has 0 fully saturated rings. The molecule has 1 rings (SSSR count). The maximum atomic E-state index is 11.8. The summed E-state index contributed by atoms with van der Waals surface area (Å²) in [6.07, 6.45) is -4.72. The first-order chi connectivity index (χ1) is 8.42. The number of alkyl halides is 3. The average Bonchev–Trinajstić information content (AvgIpc) is 2.31. The SMILES string of the molecule is CC.CCNC(=O)c1ccc(OC(F)(F)F)cc1. The van der Waals surface area contributed by atoms with Crippen molar-refractivity contribution in [2.75, 3.05) is 6.54 Å². The number of benzene rings is 1. The van der Waals surface area contributed by atoms with Crippen LogP contribution >= 0.6 is 0 Å². The lowest BCUT2D eigenvalue weighted by Gasteiger charge is -2.09. The normalized spacial score (nSPS) is 10.1. The molecular formula is C12H16F3NO2. The summed E-state index contributed by atoms with van der Waals surface area (Å²) in [6, 6.07) is 4.73. The number of carbonyl (C=O) groups excluding carboxylic acids is 1. The Kier molecular flexibility index (Phi) is 6.85. The van der Waals surface area contributed by atoms with Gasteiger partial charge in [-0.15, -0.1) is 13.2 Å². The maximum absolute atomic E-state index is 11.8. The van der Waals surface area contributed by atoms with Crippen LogP contribution in [-0.4, -0.2) is 18.8 Å². The summed E-state index contributed by atoms with van der Waals surface area (Å²) in [5.41, 5.74) is 0.288. The standard InChI is InChI=1S/C10H10F3NO2.C2H6/c1-2-14-9(15)7-3-5-8(6-4-7)16-10(11,12)13;1-2/h3-6H,2H2,1H3,(H,14,15);1-2H3. The van der Waals surface area contributed by atoms with Gasteiger partial charge in [-0.3, -0.25) is 4.79 Å². The van der Waals surface area contributed by atoms with Crippen LogP contribution in [0.2, 0.25) is 0 Å². The largest absolute Gasteiger partial charge is 0.573 e. The van der Waals surface area contributed by atoms with Crippen LogP contribution in [0.1, 0.15) is 31.1 Å². The molecule has 0 aliphatic heterocycles. The fourth-order valence-corrected chi connectivity index (χ4v) is 1.07. The Morgan fingerprint density at radius 2 is 1.72 bits per heavy atom. The van der Waals surface area contributed by atoms with E-state index in [4.69, 9.17) is 0 Å². The smallest absolute Gasteiger partial charge is 0.406 e. The Morgan fingerprint density at radius 3 is 2.11 bits per heavy atom. The van der Waals surface area contributed by atoms with Gasteiger partial charge in [0.1, 0.15) is 5.75 Å². The molecule has 3 nitrogen and oxygen atoms in total. The van der Waals surface area contributed by atoms with Gasteiger partial charge in [-0.2, -0.15) is 0 Å². The molecule has 0 atom stereocenters. The zero-order valence-electron chi connectivity index (χ0n) is 10.5. The molecule has 0 heterocycles. The minimum atomic E-state index is -4.72. The lowest BCUT2D eigenvalue weighted by molar-refractivity contribution is -0.274. The average molecular weight is 263 g/mol. The molecule has 1 N–H and O–H groups in total. The molecule has 0 bridgehead atoms. The summed E-state index contributed by atoms with van der Waals surface area (Å²) in [6.45, 7) is 6.21. The van der Waals surface area contributed by atoms with Crippen LogP contribution in [0.5, 0.6) is 5.75 Å². The van der Waals surface area contributed by atoms with Crippen LogP contribution in [0.15, 0.2) is 24.3 Å². The summed E-state index contributed by atoms with van der Waals surface area (Å²) >= 11 is 0. The monoisotopic (exact) mass is 263 g/mol. The van der Waals surface area contributed by atoms with Crippen LogP contribution in [0.3, 0.4) is 0 Å². The van der Waals surface area contributed by atoms with Crippen molar-refractivity contribution in [1.29, 1.82) is 0 Å². The van der Waals surface area contributed by atoms with Crippen LogP contribution in [0, 0.1) is 0 Å². The van der Waals surface area contributed by atoms with Gasteiger partial charge < -0.3 is 10.1 Å². The molecule has 1 aromatic carbocycles. The predicted molar refractivity (Wildman–Crippen MR) is 62.5 cm³/mol. The molecule has 0 aromatic heterocycles. The van der Waals surface area contributed by atoms with Gasteiger partial charge in [-0.05, 0) is 31.2 Å². The van der Waals surface area contributed by atoms with E-state index in [0.717, 1.165) is 12.1 Å². The van der Waals surface area contributed by atoms with Crippen molar-refractivity contribution in [2.24, 2.45) is 0 Å². The maximum Gasteiger partial charge on any atom is 0.573 e. The first kappa shape index (κ1) is 16.3. The van der Waals surface area contributed by atoms with Gasteiger partial charge in [-0.25, -0.2) is 0 Å². The summed E-state index contributed by atoms with van der Waals surface area (Å²) < 4.78 is 39.1. The molecule has 1 amide bonds. The van der Waals surface area contributed by atoms with Crippen molar-refractivity contribution in [1.82, 2.24) is 5.32 Å². The molecule has 0 aliphatic rings. The minimum absolute atomic E-state index is 0.288. The topological polar surface area (TPSA) is 38.3 Å². The van der Waals surface area contributed by atoms with Crippen molar-refractivity contribution >= 4 is 5.91 Å². The van der Waals surface area contributed by atoms with E-state index in [0.29, 0.717) is 6.54 Å². The lowest BCUT2D eigenvalue weighted by atomic mass is 10.2. The molecule has 0 spiro atoms. The number of hydrogen-bond donors (Lipinski definition) is 1. The molecule has 0 saturated heterocycles. The van der Waals surface area contributed by atoms with Gasteiger partial charge in [0, 0.05) is 12.1 Å². The third kappa shape index (κ3) is 6.12. The number of ether oxygens (including phenoxy) is 1. The fraction of sp³-hybridized carbons (Fsp3) is 0.417. The van der Waals surface area contributed by atoms with E-state index in [1.807, 2.05) is 13.8 Å². The third-order valence-electron chi connectivity index (χ3n) is 1.69. The molecule has 18 heavy (non-hydrogen) atoms. The van der Waals surface area contributed by atoms with E-state index >= 15 is 0 Å². The van der Waals surface area contributed by atoms with Gasteiger partial charge in [0.2, 0.25) is 0 Å². The number of carbonyl (C=O) groups is 1. The molecule has 0 aliphatic carbocycles. The van der Waals surface area contributed by atoms with Crippen molar-refractivity contribution in [2.45, 2.75) is 27.1 Å². The Hall–Kier alpha value is -1.72. The highest BCUT2D eigenvalue weighted by atomic mass is 19.4. The number of rotatable bonds is 3. The van der Waals surface area contributed by atoms with E-state index in [2.05, 4.69) is 10.1 Å². The lowest BCUT2D eigenvalue weighted by Crippen LogP contribution is -2.22. The minimum Gasteiger partial charge on any atom is -0.406 e. The second-order valence-electron chi connectivity index (χ2n) is 2.93.